The van der Waals surface area contributed by atoms with Crippen molar-refractivity contribution < 1.29 is 4.74 Å². The van der Waals surface area contributed by atoms with Crippen LogP contribution in [0.3, 0.4) is 0 Å². The van der Waals surface area contributed by atoms with Gasteiger partial charge in [-0.25, -0.2) is 4.98 Å². The molecule has 3 heterocycles. The average molecular weight is 366 g/mol. The molecule has 1 aliphatic heterocycles. The Hall–Kier alpha value is -2.51. The SMILES string of the molecule is CCC1CN(c2cc(COC)nc3ncnn23)CCN1Cc1ccccc1. The van der Waals surface area contributed by atoms with Gasteiger partial charge in [0.15, 0.2) is 0 Å². The number of hydrogen-bond acceptors (Lipinski definition) is 6. The van der Waals surface area contributed by atoms with E-state index in [0.29, 0.717) is 18.4 Å². The molecule has 1 fully saturated rings. The second-order valence-corrected chi connectivity index (χ2v) is 6.97. The molecule has 1 unspecified atom stereocenters. The predicted octanol–water partition coefficient (Wildman–Crippen LogP) is 2.37. The van der Waals surface area contributed by atoms with E-state index in [-0.39, 0.29) is 0 Å². The van der Waals surface area contributed by atoms with E-state index in [1.54, 1.807) is 13.4 Å². The van der Waals surface area contributed by atoms with Gasteiger partial charge < -0.3 is 9.64 Å². The molecule has 1 saturated heterocycles. The molecule has 7 heteroatoms. The zero-order valence-electron chi connectivity index (χ0n) is 16.0. The molecule has 0 aliphatic carbocycles. The summed E-state index contributed by atoms with van der Waals surface area (Å²) >= 11 is 0. The summed E-state index contributed by atoms with van der Waals surface area (Å²) in [5.74, 6) is 1.67. The molecule has 3 aromatic rings. The highest BCUT2D eigenvalue weighted by atomic mass is 16.5. The maximum atomic E-state index is 5.27. The summed E-state index contributed by atoms with van der Waals surface area (Å²) in [6.45, 7) is 6.67. The molecular weight excluding hydrogens is 340 g/mol. The van der Waals surface area contributed by atoms with Crippen LogP contribution < -0.4 is 4.90 Å². The largest absolute Gasteiger partial charge is 0.378 e. The van der Waals surface area contributed by atoms with Gasteiger partial charge in [0.2, 0.25) is 0 Å². The molecule has 0 bridgehead atoms. The fourth-order valence-corrected chi connectivity index (χ4v) is 3.81. The van der Waals surface area contributed by atoms with E-state index in [4.69, 9.17) is 4.74 Å². The number of nitrogens with zero attached hydrogens (tertiary/aromatic N) is 6. The summed E-state index contributed by atoms with van der Waals surface area (Å²) in [5.41, 5.74) is 2.25. The van der Waals surface area contributed by atoms with Crippen molar-refractivity contribution in [1.29, 1.82) is 0 Å². The van der Waals surface area contributed by atoms with Crippen LogP contribution >= 0.6 is 0 Å². The minimum atomic E-state index is 0.474. The van der Waals surface area contributed by atoms with E-state index in [1.165, 1.54) is 5.56 Å². The van der Waals surface area contributed by atoms with Gasteiger partial charge in [-0.15, -0.1) is 0 Å². The lowest BCUT2D eigenvalue weighted by Gasteiger charge is -2.42. The van der Waals surface area contributed by atoms with Crippen LogP contribution in [0, 0.1) is 0 Å². The van der Waals surface area contributed by atoms with Crippen LogP contribution in [-0.2, 0) is 17.9 Å². The van der Waals surface area contributed by atoms with Crippen molar-refractivity contribution in [3.63, 3.8) is 0 Å². The van der Waals surface area contributed by atoms with Crippen molar-refractivity contribution in [2.45, 2.75) is 32.5 Å². The van der Waals surface area contributed by atoms with Gasteiger partial charge in [-0.3, -0.25) is 4.90 Å². The van der Waals surface area contributed by atoms with Gasteiger partial charge in [0, 0.05) is 45.4 Å². The number of rotatable bonds is 6. The topological polar surface area (TPSA) is 58.8 Å². The summed E-state index contributed by atoms with van der Waals surface area (Å²) in [5, 5.41) is 4.38. The van der Waals surface area contributed by atoms with E-state index < -0.39 is 0 Å². The van der Waals surface area contributed by atoms with Gasteiger partial charge >= 0.3 is 0 Å². The zero-order valence-corrected chi connectivity index (χ0v) is 16.0. The molecule has 0 radical (unpaired) electrons. The first kappa shape index (κ1) is 17.9. The number of aromatic nitrogens is 4. The molecule has 2 aromatic heterocycles. The predicted molar refractivity (Wildman–Crippen MR) is 105 cm³/mol. The maximum absolute atomic E-state index is 5.27. The first-order valence-corrected chi connectivity index (χ1v) is 9.50. The number of benzene rings is 1. The van der Waals surface area contributed by atoms with E-state index in [1.807, 2.05) is 4.52 Å². The summed E-state index contributed by atoms with van der Waals surface area (Å²) < 4.78 is 7.11. The van der Waals surface area contributed by atoms with Gasteiger partial charge in [0.05, 0.1) is 12.3 Å². The quantitative estimate of drug-likeness (QED) is 0.668. The molecular formula is C20H26N6O. The lowest BCUT2D eigenvalue weighted by molar-refractivity contribution is 0.163. The Morgan fingerprint density at radius 1 is 1.19 bits per heavy atom. The summed E-state index contributed by atoms with van der Waals surface area (Å²) in [7, 11) is 1.69. The molecule has 4 rings (SSSR count). The molecule has 0 spiro atoms. The minimum absolute atomic E-state index is 0.474. The summed E-state index contributed by atoms with van der Waals surface area (Å²) in [6, 6.07) is 13.3. The monoisotopic (exact) mass is 366 g/mol. The molecule has 1 aliphatic rings. The number of hydrogen-bond donors (Lipinski definition) is 0. The van der Waals surface area contributed by atoms with Gasteiger partial charge in [-0.2, -0.15) is 14.6 Å². The van der Waals surface area contributed by atoms with Gasteiger partial charge in [-0.05, 0) is 12.0 Å². The normalized spacial score (nSPS) is 18.3. The number of anilines is 1. The first-order chi connectivity index (χ1) is 13.3. The lowest BCUT2D eigenvalue weighted by Crippen LogP contribution is -2.53. The van der Waals surface area contributed by atoms with Crippen LogP contribution in [0.1, 0.15) is 24.6 Å². The third-order valence-corrected chi connectivity index (χ3v) is 5.21. The Bertz CT molecular complexity index is 881. The Kier molecular flexibility index (Phi) is 5.31. The third-order valence-electron chi connectivity index (χ3n) is 5.21. The van der Waals surface area contributed by atoms with Crippen molar-refractivity contribution in [1.82, 2.24) is 24.5 Å². The summed E-state index contributed by atoms with van der Waals surface area (Å²) in [4.78, 5) is 13.8. The molecule has 142 valence electrons. The molecule has 7 nitrogen and oxygen atoms in total. The van der Waals surface area contributed by atoms with Crippen molar-refractivity contribution >= 4 is 11.6 Å². The zero-order chi connectivity index (χ0) is 18.6. The van der Waals surface area contributed by atoms with Gasteiger partial charge in [0.25, 0.3) is 5.78 Å². The number of methoxy groups -OCH3 is 1. The van der Waals surface area contributed by atoms with E-state index in [0.717, 1.165) is 44.1 Å². The van der Waals surface area contributed by atoms with E-state index in [9.17, 15) is 0 Å². The molecule has 0 N–H and O–H groups in total. The highest BCUT2D eigenvalue weighted by molar-refractivity contribution is 5.48. The van der Waals surface area contributed by atoms with Gasteiger partial charge in [-0.1, -0.05) is 37.3 Å². The van der Waals surface area contributed by atoms with Crippen molar-refractivity contribution in [2.24, 2.45) is 0 Å². The maximum Gasteiger partial charge on any atom is 0.254 e. The number of fused-ring (bicyclic) bond motifs is 1. The van der Waals surface area contributed by atoms with Crippen LogP contribution in [0.2, 0.25) is 0 Å². The highest BCUT2D eigenvalue weighted by Gasteiger charge is 2.27. The first-order valence-electron chi connectivity index (χ1n) is 9.50. The second-order valence-electron chi connectivity index (χ2n) is 6.97. The van der Waals surface area contributed by atoms with Crippen molar-refractivity contribution in [3.05, 3.63) is 54.0 Å². The molecule has 1 aromatic carbocycles. The van der Waals surface area contributed by atoms with Gasteiger partial charge in [0.1, 0.15) is 12.1 Å². The molecule has 0 saturated carbocycles. The Labute approximate surface area is 159 Å². The van der Waals surface area contributed by atoms with Crippen molar-refractivity contribution in [3.8, 4) is 0 Å². The summed E-state index contributed by atoms with van der Waals surface area (Å²) in [6.07, 6.45) is 2.67. The Balaban J connectivity index is 1.56. The van der Waals surface area contributed by atoms with E-state index in [2.05, 4.69) is 68.2 Å². The molecule has 1 atom stereocenters. The highest BCUT2D eigenvalue weighted by Crippen LogP contribution is 2.23. The number of piperazine rings is 1. The lowest BCUT2D eigenvalue weighted by atomic mass is 10.1. The Morgan fingerprint density at radius 2 is 2.04 bits per heavy atom. The Morgan fingerprint density at radius 3 is 2.81 bits per heavy atom. The van der Waals surface area contributed by atoms with E-state index >= 15 is 0 Å². The van der Waals surface area contributed by atoms with Crippen LogP contribution in [0.15, 0.2) is 42.7 Å². The fourth-order valence-electron chi connectivity index (χ4n) is 3.81. The van der Waals surface area contributed by atoms with Crippen LogP contribution in [0.25, 0.3) is 5.78 Å². The standard InChI is InChI=1S/C20H26N6O/c1-3-18-13-25(10-9-24(18)12-16-7-5-4-6-8-16)19-11-17(14-27-2)23-20-21-15-22-26(19)20/h4-8,11,15,18H,3,9-10,12-14H2,1-2H3. The van der Waals surface area contributed by atoms with Crippen molar-refractivity contribution in [2.75, 3.05) is 31.6 Å². The second kappa shape index (κ2) is 8.02. The van der Waals surface area contributed by atoms with Crippen LogP contribution in [-0.4, -0.2) is 57.3 Å². The van der Waals surface area contributed by atoms with Crippen LogP contribution in [0.4, 0.5) is 5.82 Å². The molecule has 27 heavy (non-hydrogen) atoms. The molecule has 0 amide bonds. The average Bonchev–Trinajstić information content (AvgIpc) is 3.17. The fraction of sp³-hybridized carbons (Fsp3) is 0.450. The van der Waals surface area contributed by atoms with Crippen LogP contribution in [0.5, 0.6) is 0 Å². The third kappa shape index (κ3) is 3.79. The number of ether oxygens (including phenoxy) is 1. The minimum Gasteiger partial charge on any atom is -0.378 e. The smallest absolute Gasteiger partial charge is 0.254 e.